The van der Waals surface area contributed by atoms with E-state index in [2.05, 4.69) is 4.99 Å². The van der Waals surface area contributed by atoms with Crippen molar-refractivity contribution in [2.45, 2.75) is 13.0 Å². The molecule has 0 spiro atoms. The number of nitrogens with zero attached hydrogens (tertiary/aromatic N) is 3. The lowest BCUT2D eigenvalue weighted by atomic mass is 9.96. The van der Waals surface area contributed by atoms with Crippen LogP contribution in [0.2, 0.25) is 0 Å². The number of nitro groups is 1. The van der Waals surface area contributed by atoms with Crippen LogP contribution in [0.3, 0.4) is 0 Å². The Labute approximate surface area is 185 Å². The number of ether oxygens (including phenoxy) is 1. The van der Waals surface area contributed by atoms with Crippen molar-refractivity contribution in [3.63, 3.8) is 0 Å². The lowest BCUT2D eigenvalue weighted by Crippen LogP contribution is -2.39. The predicted octanol–water partition coefficient (Wildman–Crippen LogP) is 1.39. The van der Waals surface area contributed by atoms with Gasteiger partial charge in [0.15, 0.2) is 4.80 Å². The van der Waals surface area contributed by atoms with Crippen molar-refractivity contribution >= 4 is 29.1 Å². The molecule has 3 aromatic rings. The van der Waals surface area contributed by atoms with Crippen LogP contribution >= 0.6 is 11.3 Å². The van der Waals surface area contributed by atoms with E-state index < -0.39 is 28.2 Å². The van der Waals surface area contributed by atoms with E-state index in [-0.39, 0.29) is 21.4 Å². The Kier molecular flexibility index (Phi) is 5.45. The highest BCUT2D eigenvalue weighted by Crippen LogP contribution is 2.30. The van der Waals surface area contributed by atoms with E-state index >= 15 is 0 Å². The van der Waals surface area contributed by atoms with Gasteiger partial charge in [0.25, 0.3) is 11.2 Å². The molecule has 1 aliphatic heterocycles. The Balaban J connectivity index is 1.98. The van der Waals surface area contributed by atoms with Crippen LogP contribution < -0.4 is 20.0 Å². The Morgan fingerprint density at radius 1 is 1.25 bits per heavy atom. The van der Waals surface area contributed by atoms with E-state index in [0.29, 0.717) is 16.1 Å². The molecule has 2 aromatic carbocycles. The zero-order valence-corrected chi connectivity index (χ0v) is 17.8. The van der Waals surface area contributed by atoms with Crippen molar-refractivity contribution < 1.29 is 19.6 Å². The molecule has 0 fully saturated rings. The second kappa shape index (κ2) is 8.23. The molecule has 1 atom stereocenters. The molecule has 162 valence electrons. The average Bonchev–Trinajstić information content (AvgIpc) is 3.08. The number of esters is 1. The zero-order chi connectivity index (χ0) is 23.0. The molecule has 0 bridgehead atoms. The fourth-order valence-electron chi connectivity index (χ4n) is 3.55. The number of benzene rings is 2. The standard InChI is InChI=1S/C22H17N3O6S/c1-12-18(21(28)31-2)19(13-6-4-3-5-7-13)24-20(27)17(32-22(24)23-12)11-14-10-15(25(29)30)8-9-16(14)26/h3-11,19,26H,1-2H3/p-1/b17-11-/t19-/m1/s1. The van der Waals surface area contributed by atoms with Crippen molar-refractivity contribution in [2.75, 3.05) is 7.11 Å². The molecular formula is C22H16N3O6S-. The highest BCUT2D eigenvalue weighted by molar-refractivity contribution is 7.07. The summed E-state index contributed by atoms with van der Waals surface area (Å²) in [5.74, 6) is -1.05. The molecule has 32 heavy (non-hydrogen) atoms. The molecule has 0 radical (unpaired) electrons. The fourth-order valence-corrected chi connectivity index (χ4v) is 4.58. The van der Waals surface area contributed by atoms with Crippen LogP contribution in [0.15, 0.2) is 69.6 Å². The quantitative estimate of drug-likeness (QED) is 0.336. The van der Waals surface area contributed by atoms with Crippen molar-refractivity contribution in [1.29, 1.82) is 0 Å². The van der Waals surface area contributed by atoms with Crippen molar-refractivity contribution in [2.24, 2.45) is 4.99 Å². The minimum absolute atomic E-state index is 0.0182. The largest absolute Gasteiger partial charge is 0.872 e. The molecule has 4 rings (SSSR count). The lowest BCUT2D eigenvalue weighted by molar-refractivity contribution is -0.385. The van der Waals surface area contributed by atoms with Gasteiger partial charge in [0.05, 0.1) is 33.9 Å². The van der Waals surface area contributed by atoms with Gasteiger partial charge in [0.2, 0.25) is 0 Å². The Hall–Kier alpha value is -4.05. The Morgan fingerprint density at radius 3 is 2.62 bits per heavy atom. The lowest BCUT2D eigenvalue weighted by Gasteiger charge is -2.24. The highest BCUT2D eigenvalue weighted by Gasteiger charge is 2.32. The number of fused-ring (bicyclic) bond motifs is 1. The van der Waals surface area contributed by atoms with Crippen molar-refractivity contribution in [3.05, 3.63) is 101 Å². The number of allylic oxidation sites excluding steroid dienone is 1. The highest BCUT2D eigenvalue weighted by atomic mass is 32.1. The van der Waals surface area contributed by atoms with E-state index in [1.165, 1.54) is 17.8 Å². The third-order valence-electron chi connectivity index (χ3n) is 5.03. The minimum atomic E-state index is -0.765. The smallest absolute Gasteiger partial charge is 0.338 e. The van der Waals surface area contributed by atoms with Gasteiger partial charge in [0.1, 0.15) is 0 Å². The van der Waals surface area contributed by atoms with Crippen LogP contribution in [0, 0.1) is 10.1 Å². The maximum Gasteiger partial charge on any atom is 0.338 e. The van der Waals surface area contributed by atoms with E-state index in [1.807, 2.05) is 6.07 Å². The summed E-state index contributed by atoms with van der Waals surface area (Å²) in [5.41, 5.74) is 0.632. The third-order valence-corrected chi connectivity index (χ3v) is 6.02. The fraction of sp³-hybridized carbons (Fsp3) is 0.136. The molecule has 0 saturated heterocycles. The van der Waals surface area contributed by atoms with Crippen LogP contribution in [-0.2, 0) is 9.53 Å². The van der Waals surface area contributed by atoms with E-state index in [9.17, 15) is 24.8 Å². The first kappa shape index (κ1) is 21.2. The number of rotatable bonds is 4. The monoisotopic (exact) mass is 450 g/mol. The number of non-ortho nitro benzene ring substituents is 1. The maximum absolute atomic E-state index is 13.4. The summed E-state index contributed by atoms with van der Waals surface area (Å²) in [4.78, 5) is 41.1. The first-order valence-corrected chi connectivity index (χ1v) is 10.2. The number of carbonyl (C=O) groups excluding carboxylic acids is 1. The van der Waals surface area contributed by atoms with Crippen LogP contribution in [0.1, 0.15) is 24.1 Å². The average molecular weight is 450 g/mol. The SMILES string of the molecule is COC(=O)C1=C(C)N=c2s/c(=C\c3cc([N+](=O)[O-])ccc3[O-])c(=O)n2[C@@H]1c1ccccc1. The van der Waals surface area contributed by atoms with E-state index in [4.69, 9.17) is 4.74 Å². The number of methoxy groups -OCH3 is 1. The second-order valence-electron chi connectivity index (χ2n) is 6.96. The van der Waals surface area contributed by atoms with Crippen LogP contribution in [0.25, 0.3) is 6.08 Å². The van der Waals surface area contributed by atoms with Gasteiger partial charge >= 0.3 is 5.97 Å². The molecule has 0 aliphatic carbocycles. The summed E-state index contributed by atoms with van der Waals surface area (Å²) < 4.78 is 6.49. The Morgan fingerprint density at radius 2 is 1.97 bits per heavy atom. The second-order valence-corrected chi connectivity index (χ2v) is 7.97. The number of hydrogen-bond acceptors (Lipinski definition) is 8. The topological polar surface area (TPSA) is 127 Å². The normalized spacial score (nSPS) is 15.8. The summed E-state index contributed by atoms with van der Waals surface area (Å²) in [5, 5.41) is 23.3. The zero-order valence-electron chi connectivity index (χ0n) is 17.0. The molecular weight excluding hydrogens is 434 g/mol. The van der Waals surface area contributed by atoms with Gasteiger partial charge in [-0.3, -0.25) is 19.5 Å². The third kappa shape index (κ3) is 3.60. The predicted molar refractivity (Wildman–Crippen MR) is 115 cm³/mol. The number of nitro benzene ring substituents is 1. The molecule has 0 N–H and O–H groups in total. The molecule has 1 aliphatic rings. The molecule has 1 aromatic heterocycles. The minimum Gasteiger partial charge on any atom is -0.872 e. The summed E-state index contributed by atoms with van der Waals surface area (Å²) in [6, 6.07) is 11.6. The van der Waals surface area contributed by atoms with Gasteiger partial charge in [0, 0.05) is 12.1 Å². The number of carbonyl (C=O) groups is 1. The summed E-state index contributed by atoms with van der Waals surface area (Å²) in [7, 11) is 1.26. The van der Waals surface area contributed by atoms with Gasteiger partial charge in [-0.1, -0.05) is 47.7 Å². The summed E-state index contributed by atoms with van der Waals surface area (Å²) >= 11 is 1.04. The van der Waals surface area contributed by atoms with Gasteiger partial charge in [-0.15, -0.1) is 5.75 Å². The van der Waals surface area contributed by atoms with Crippen LogP contribution in [0.4, 0.5) is 5.69 Å². The summed E-state index contributed by atoms with van der Waals surface area (Å²) in [6.07, 6.45) is 1.32. The van der Waals surface area contributed by atoms with Gasteiger partial charge in [-0.2, -0.15) is 0 Å². The van der Waals surface area contributed by atoms with Crippen LogP contribution in [-0.4, -0.2) is 22.6 Å². The molecule has 0 saturated carbocycles. The summed E-state index contributed by atoms with van der Waals surface area (Å²) in [6.45, 7) is 1.66. The molecule has 10 heteroatoms. The van der Waals surface area contributed by atoms with Crippen molar-refractivity contribution in [1.82, 2.24) is 4.57 Å². The Bertz CT molecular complexity index is 1450. The first-order valence-electron chi connectivity index (χ1n) is 9.43. The van der Waals surface area contributed by atoms with Gasteiger partial charge < -0.3 is 9.84 Å². The molecule has 0 unspecified atom stereocenters. The maximum atomic E-state index is 13.4. The van der Waals surface area contributed by atoms with Crippen LogP contribution in [0.5, 0.6) is 5.75 Å². The van der Waals surface area contributed by atoms with Gasteiger partial charge in [-0.25, -0.2) is 9.79 Å². The first-order chi connectivity index (χ1) is 15.3. The van der Waals surface area contributed by atoms with Crippen molar-refractivity contribution in [3.8, 4) is 5.75 Å². The number of hydrogen-bond donors (Lipinski definition) is 0. The molecule has 9 nitrogen and oxygen atoms in total. The molecule has 2 heterocycles. The molecule has 0 amide bonds. The number of aromatic nitrogens is 1. The van der Waals surface area contributed by atoms with Gasteiger partial charge in [-0.05, 0) is 24.1 Å². The number of thiazole rings is 1. The van der Waals surface area contributed by atoms with E-state index in [0.717, 1.165) is 29.5 Å². The van der Waals surface area contributed by atoms with E-state index in [1.54, 1.807) is 31.2 Å².